The van der Waals surface area contributed by atoms with Crippen LogP contribution in [0, 0.1) is 0 Å². The molecule has 1 heterocycles. The van der Waals surface area contributed by atoms with Crippen molar-refractivity contribution in [2.45, 2.75) is 0 Å². The van der Waals surface area contributed by atoms with Crippen LogP contribution < -0.4 is 26.0 Å². The Morgan fingerprint density at radius 1 is 1.09 bits per heavy atom. The van der Waals surface area contributed by atoms with Gasteiger partial charge in [0.2, 0.25) is 0 Å². The number of halogens is 1. The maximum Gasteiger partial charge on any atom is 0.326 e. The third kappa shape index (κ3) is 3.29. The highest BCUT2D eigenvalue weighted by Gasteiger charge is 2.14. The Morgan fingerprint density at radius 3 is 2.36 bits per heavy atom. The van der Waals surface area contributed by atoms with Gasteiger partial charge in [-0.25, -0.2) is 4.79 Å². The molecule has 1 aromatic heterocycles. The molecule has 0 radical (unpaired) electrons. The molecule has 2 aromatic rings. The second-order valence-electron chi connectivity index (χ2n) is 4.14. The summed E-state index contributed by atoms with van der Waals surface area (Å²) < 4.78 is 10.2. The molecule has 1 aromatic carbocycles. The van der Waals surface area contributed by atoms with E-state index in [1.165, 1.54) is 26.4 Å². The smallest absolute Gasteiger partial charge is 0.326 e. The van der Waals surface area contributed by atoms with Gasteiger partial charge >= 0.3 is 5.69 Å². The third-order valence-corrected chi connectivity index (χ3v) is 3.02. The minimum absolute atomic E-state index is 0.190. The van der Waals surface area contributed by atoms with Gasteiger partial charge in [0.05, 0.1) is 24.9 Å². The van der Waals surface area contributed by atoms with Crippen LogP contribution in [-0.4, -0.2) is 30.1 Å². The molecule has 0 bridgehead atoms. The van der Waals surface area contributed by atoms with Gasteiger partial charge in [-0.05, 0) is 0 Å². The fraction of sp³-hybridized carbons (Fsp3) is 0.154. The number of H-pyrrole nitrogens is 2. The predicted octanol–water partition coefficient (Wildman–Crippen LogP) is 0.986. The summed E-state index contributed by atoms with van der Waals surface area (Å²) in [6.07, 6.45) is 0. The molecule has 2 rings (SSSR count). The number of amides is 1. The number of aromatic amines is 2. The van der Waals surface area contributed by atoms with Gasteiger partial charge in [0.25, 0.3) is 11.5 Å². The zero-order valence-electron chi connectivity index (χ0n) is 11.7. The summed E-state index contributed by atoms with van der Waals surface area (Å²) in [4.78, 5) is 38.7. The van der Waals surface area contributed by atoms with Crippen LogP contribution in [0.5, 0.6) is 11.5 Å². The number of carbonyl (C=O) groups excluding carboxylic acids is 1. The van der Waals surface area contributed by atoms with Gasteiger partial charge in [0, 0.05) is 18.2 Å². The number of hydrogen-bond donors (Lipinski definition) is 3. The van der Waals surface area contributed by atoms with Crippen molar-refractivity contribution in [3.8, 4) is 11.5 Å². The van der Waals surface area contributed by atoms with Crippen molar-refractivity contribution in [3.05, 3.63) is 49.8 Å². The maximum atomic E-state index is 12.1. The van der Waals surface area contributed by atoms with Gasteiger partial charge < -0.3 is 19.8 Å². The van der Waals surface area contributed by atoms with E-state index in [4.69, 9.17) is 21.1 Å². The first-order valence-corrected chi connectivity index (χ1v) is 6.39. The molecule has 22 heavy (non-hydrogen) atoms. The molecule has 116 valence electrons. The first-order valence-electron chi connectivity index (χ1n) is 6.01. The van der Waals surface area contributed by atoms with Gasteiger partial charge in [0.1, 0.15) is 17.2 Å². The SMILES string of the molecule is COc1cc(NC(=O)c2cc(=O)[nH]c(=O)[nH]2)c(OC)cc1Cl. The zero-order valence-corrected chi connectivity index (χ0v) is 12.4. The van der Waals surface area contributed by atoms with E-state index in [0.717, 1.165) is 6.07 Å². The molecule has 9 heteroatoms. The summed E-state index contributed by atoms with van der Waals surface area (Å²) in [7, 11) is 2.83. The summed E-state index contributed by atoms with van der Waals surface area (Å²) in [5.74, 6) is -0.0608. The second kappa shape index (κ2) is 6.35. The van der Waals surface area contributed by atoms with E-state index in [9.17, 15) is 14.4 Å². The Morgan fingerprint density at radius 2 is 1.77 bits per heavy atom. The molecule has 0 aliphatic heterocycles. The van der Waals surface area contributed by atoms with Crippen LogP contribution in [0.2, 0.25) is 5.02 Å². The molecule has 0 atom stereocenters. The highest BCUT2D eigenvalue weighted by atomic mass is 35.5. The summed E-state index contributed by atoms with van der Waals surface area (Å²) in [6, 6.07) is 3.90. The standard InChI is InChI=1S/C13H12ClN3O5/c1-21-9-4-7(10(22-2)3-6(9)14)15-12(19)8-5-11(18)17-13(20)16-8/h3-5H,1-2H3,(H,15,19)(H2,16,17,18,20). The Bertz CT molecular complexity index is 799. The lowest BCUT2D eigenvalue weighted by molar-refractivity contribution is 0.102. The Balaban J connectivity index is 2.39. The fourth-order valence-electron chi connectivity index (χ4n) is 1.74. The number of carbonyl (C=O) groups is 1. The molecule has 3 N–H and O–H groups in total. The van der Waals surface area contributed by atoms with Crippen molar-refractivity contribution < 1.29 is 14.3 Å². The summed E-state index contributed by atoms with van der Waals surface area (Å²) >= 11 is 5.96. The van der Waals surface area contributed by atoms with Crippen molar-refractivity contribution in [2.75, 3.05) is 19.5 Å². The molecule has 0 unspecified atom stereocenters. The Kier molecular flexibility index (Phi) is 4.52. The Labute approximate surface area is 129 Å². The monoisotopic (exact) mass is 325 g/mol. The van der Waals surface area contributed by atoms with Crippen LogP contribution in [0.15, 0.2) is 27.8 Å². The number of hydrogen-bond acceptors (Lipinski definition) is 5. The first-order chi connectivity index (χ1) is 10.4. The highest BCUT2D eigenvalue weighted by Crippen LogP contribution is 2.35. The minimum Gasteiger partial charge on any atom is -0.495 e. The number of anilines is 1. The van der Waals surface area contributed by atoms with E-state index in [-0.39, 0.29) is 11.4 Å². The quantitative estimate of drug-likeness (QED) is 0.775. The van der Waals surface area contributed by atoms with Crippen LogP contribution in [0.3, 0.4) is 0 Å². The molecule has 0 spiro atoms. The van der Waals surface area contributed by atoms with Gasteiger partial charge in [-0.15, -0.1) is 0 Å². The third-order valence-electron chi connectivity index (χ3n) is 2.73. The molecule has 0 saturated heterocycles. The first kappa shape index (κ1) is 15.6. The van der Waals surface area contributed by atoms with Gasteiger partial charge in [-0.3, -0.25) is 14.6 Å². The average molecular weight is 326 g/mol. The largest absolute Gasteiger partial charge is 0.495 e. The lowest BCUT2D eigenvalue weighted by Gasteiger charge is -2.13. The van der Waals surface area contributed by atoms with Crippen molar-refractivity contribution in [1.82, 2.24) is 9.97 Å². The second-order valence-corrected chi connectivity index (χ2v) is 4.55. The van der Waals surface area contributed by atoms with Crippen LogP contribution in [0.25, 0.3) is 0 Å². The van der Waals surface area contributed by atoms with E-state index in [1.54, 1.807) is 0 Å². The van der Waals surface area contributed by atoms with Crippen LogP contribution in [-0.2, 0) is 0 Å². The molecule has 1 amide bonds. The van der Waals surface area contributed by atoms with E-state index in [0.29, 0.717) is 16.5 Å². The van der Waals surface area contributed by atoms with Gasteiger partial charge in [0.15, 0.2) is 0 Å². The van der Waals surface area contributed by atoms with E-state index < -0.39 is 17.2 Å². The lowest BCUT2D eigenvalue weighted by atomic mass is 10.2. The predicted molar refractivity (Wildman–Crippen MR) is 80.2 cm³/mol. The van der Waals surface area contributed by atoms with E-state index in [1.807, 2.05) is 4.98 Å². The van der Waals surface area contributed by atoms with E-state index in [2.05, 4.69) is 10.3 Å². The van der Waals surface area contributed by atoms with Crippen LogP contribution in [0.4, 0.5) is 5.69 Å². The summed E-state index contributed by atoms with van der Waals surface area (Å²) in [5, 5.41) is 2.82. The average Bonchev–Trinajstić information content (AvgIpc) is 2.47. The molecule has 0 aliphatic carbocycles. The molecular weight excluding hydrogens is 314 g/mol. The number of aromatic nitrogens is 2. The normalized spacial score (nSPS) is 10.1. The minimum atomic E-state index is -0.779. The highest BCUT2D eigenvalue weighted by molar-refractivity contribution is 6.32. The van der Waals surface area contributed by atoms with Crippen molar-refractivity contribution >= 4 is 23.2 Å². The Hall–Kier alpha value is -2.74. The summed E-state index contributed by atoms with van der Waals surface area (Å²) in [5.41, 5.74) is -1.38. The lowest BCUT2D eigenvalue weighted by Crippen LogP contribution is -2.27. The number of rotatable bonds is 4. The number of benzene rings is 1. The zero-order chi connectivity index (χ0) is 16.3. The van der Waals surface area contributed by atoms with Crippen molar-refractivity contribution in [1.29, 1.82) is 0 Å². The molecule has 0 saturated carbocycles. The molecule has 0 fully saturated rings. The van der Waals surface area contributed by atoms with E-state index >= 15 is 0 Å². The molecular formula is C13H12ClN3O5. The van der Waals surface area contributed by atoms with Crippen molar-refractivity contribution in [2.24, 2.45) is 0 Å². The van der Waals surface area contributed by atoms with Crippen LogP contribution >= 0.6 is 11.6 Å². The number of methoxy groups -OCH3 is 2. The topological polar surface area (TPSA) is 113 Å². The van der Waals surface area contributed by atoms with Crippen molar-refractivity contribution in [3.63, 3.8) is 0 Å². The summed E-state index contributed by atoms with van der Waals surface area (Å²) in [6.45, 7) is 0. The number of ether oxygens (including phenoxy) is 2. The molecule has 0 aliphatic rings. The molecule has 8 nitrogen and oxygen atoms in total. The maximum absolute atomic E-state index is 12.1. The van der Waals surface area contributed by atoms with Crippen LogP contribution in [0.1, 0.15) is 10.5 Å². The fourth-order valence-corrected chi connectivity index (χ4v) is 1.97. The van der Waals surface area contributed by atoms with Gasteiger partial charge in [-0.1, -0.05) is 11.6 Å². The number of nitrogens with one attached hydrogen (secondary N) is 3. The van der Waals surface area contributed by atoms with Gasteiger partial charge in [-0.2, -0.15) is 0 Å².